The molecule has 0 spiro atoms. The van der Waals surface area contributed by atoms with Crippen molar-refractivity contribution >= 4 is 40.9 Å². The number of hydrogen-bond acceptors (Lipinski definition) is 4. The number of nitrogens with zero attached hydrogens (tertiary/aromatic N) is 1. The van der Waals surface area contributed by atoms with E-state index in [4.69, 9.17) is 11.6 Å². The number of rotatable bonds is 8. The van der Waals surface area contributed by atoms with E-state index in [1.165, 1.54) is 18.7 Å². The highest BCUT2D eigenvalue weighted by Gasteiger charge is 2.20. The van der Waals surface area contributed by atoms with Gasteiger partial charge in [-0.15, -0.1) is 11.8 Å². The van der Waals surface area contributed by atoms with E-state index < -0.39 is 0 Å². The molecule has 0 saturated heterocycles. The molecule has 5 nitrogen and oxygen atoms in total. The molecule has 2 amide bonds. The molecule has 28 heavy (non-hydrogen) atoms. The standard InChI is InChI=1S/C21H26ClN3O2S/c1-14(28-17-11-9-16(10-12-17)24-15(2)26)21(27)23-13-20(25(3)4)18-7-5-6-8-19(18)22/h5-12,14,20H,13H2,1-4H3,(H,23,27)(H,24,26). The minimum atomic E-state index is -0.249. The maximum absolute atomic E-state index is 12.6. The zero-order chi connectivity index (χ0) is 20.7. The molecule has 2 atom stereocenters. The number of amides is 2. The van der Waals surface area contributed by atoms with Crippen LogP contribution >= 0.6 is 23.4 Å². The van der Waals surface area contributed by atoms with E-state index >= 15 is 0 Å². The van der Waals surface area contributed by atoms with Crippen molar-refractivity contribution in [2.75, 3.05) is 26.0 Å². The maximum atomic E-state index is 12.6. The second-order valence-electron chi connectivity index (χ2n) is 6.71. The first-order valence-electron chi connectivity index (χ1n) is 9.00. The molecule has 2 unspecified atom stereocenters. The van der Waals surface area contributed by atoms with E-state index in [0.717, 1.165) is 16.1 Å². The smallest absolute Gasteiger partial charge is 0.233 e. The van der Waals surface area contributed by atoms with Crippen molar-refractivity contribution in [3.8, 4) is 0 Å². The van der Waals surface area contributed by atoms with Gasteiger partial charge < -0.3 is 15.5 Å². The van der Waals surface area contributed by atoms with Gasteiger partial charge in [-0.3, -0.25) is 9.59 Å². The minimum Gasteiger partial charge on any atom is -0.353 e. The van der Waals surface area contributed by atoms with Crippen LogP contribution in [0.5, 0.6) is 0 Å². The first-order chi connectivity index (χ1) is 13.3. The molecule has 2 aromatic carbocycles. The van der Waals surface area contributed by atoms with Crippen LogP contribution < -0.4 is 10.6 Å². The van der Waals surface area contributed by atoms with E-state index in [-0.39, 0.29) is 23.1 Å². The third kappa shape index (κ3) is 6.55. The monoisotopic (exact) mass is 419 g/mol. The molecule has 0 aliphatic heterocycles. The highest BCUT2D eigenvalue weighted by atomic mass is 35.5. The van der Waals surface area contributed by atoms with Crippen LogP contribution in [0.25, 0.3) is 0 Å². The fourth-order valence-electron chi connectivity index (χ4n) is 2.73. The number of thioether (sulfide) groups is 1. The van der Waals surface area contributed by atoms with Crippen LogP contribution in [0.4, 0.5) is 5.69 Å². The van der Waals surface area contributed by atoms with Gasteiger partial charge in [-0.2, -0.15) is 0 Å². The van der Waals surface area contributed by atoms with Crippen molar-refractivity contribution in [3.63, 3.8) is 0 Å². The Morgan fingerprint density at radius 3 is 2.32 bits per heavy atom. The zero-order valence-electron chi connectivity index (χ0n) is 16.5. The van der Waals surface area contributed by atoms with Gasteiger partial charge in [0.1, 0.15) is 0 Å². The summed E-state index contributed by atoms with van der Waals surface area (Å²) in [4.78, 5) is 26.7. The molecule has 0 radical (unpaired) electrons. The van der Waals surface area contributed by atoms with Gasteiger partial charge in [-0.1, -0.05) is 29.8 Å². The van der Waals surface area contributed by atoms with Crippen molar-refractivity contribution in [3.05, 3.63) is 59.1 Å². The summed E-state index contributed by atoms with van der Waals surface area (Å²) in [5.41, 5.74) is 1.73. The van der Waals surface area contributed by atoms with Gasteiger partial charge in [0.25, 0.3) is 0 Å². The topological polar surface area (TPSA) is 61.4 Å². The number of hydrogen-bond donors (Lipinski definition) is 2. The summed E-state index contributed by atoms with van der Waals surface area (Å²) in [6, 6.07) is 15.1. The zero-order valence-corrected chi connectivity index (χ0v) is 18.1. The Balaban J connectivity index is 1.94. The highest BCUT2D eigenvalue weighted by Crippen LogP contribution is 2.27. The first kappa shape index (κ1) is 22.3. The summed E-state index contributed by atoms with van der Waals surface area (Å²) in [5.74, 6) is -0.142. The number of anilines is 1. The van der Waals surface area contributed by atoms with Crippen LogP contribution in [0.1, 0.15) is 25.5 Å². The van der Waals surface area contributed by atoms with Gasteiger partial charge in [-0.25, -0.2) is 0 Å². The molecule has 0 aliphatic carbocycles. The van der Waals surface area contributed by atoms with E-state index in [9.17, 15) is 9.59 Å². The average molecular weight is 420 g/mol. The Kier molecular flexibility index (Phi) is 8.35. The van der Waals surface area contributed by atoms with Crippen molar-refractivity contribution < 1.29 is 9.59 Å². The fourth-order valence-corrected chi connectivity index (χ4v) is 3.89. The molecule has 7 heteroatoms. The predicted octanol–water partition coefficient (Wildman–Crippen LogP) is 4.20. The average Bonchev–Trinajstić information content (AvgIpc) is 2.64. The molecule has 150 valence electrons. The van der Waals surface area contributed by atoms with Gasteiger partial charge in [-0.05, 0) is 56.9 Å². The van der Waals surface area contributed by atoms with Crippen LogP contribution in [-0.4, -0.2) is 42.6 Å². The number of likely N-dealkylation sites (N-methyl/N-ethyl adjacent to an activating group) is 1. The minimum absolute atomic E-state index is 0.00760. The summed E-state index contributed by atoms with van der Waals surface area (Å²) in [7, 11) is 3.93. The van der Waals surface area contributed by atoms with E-state index in [1.54, 1.807) is 0 Å². The molecule has 2 aromatic rings. The molecule has 2 rings (SSSR count). The van der Waals surface area contributed by atoms with Crippen molar-refractivity contribution in [1.29, 1.82) is 0 Å². The van der Waals surface area contributed by atoms with Gasteiger partial charge in [0.2, 0.25) is 11.8 Å². The number of benzene rings is 2. The van der Waals surface area contributed by atoms with Gasteiger partial charge in [0.15, 0.2) is 0 Å². The molecule has 0 heterocycles. The number of nitrogens with one attached hydrogen (secondary N) is 2. The van der Waals surface area contributed by atoms with Gasteiger partial charge in [0.05, 0.1) is 11.3 Å². The summed E-state index contributed by atoms with van der Waals surface area (Å²) in [5, 5.41) is 6.20. The van der Waals surface area contributed by atoms with E-state index in [2.05, 4.69) is 10.6 Å². The summed E-state index contributed by atoms with van der Waals surface area (Å²) >= 11 is 7.80. The van der Waals surface area contributed by atoms with E-state index in [0.29, 0.717) is 11.6 Å². The van der Waals surface area contributed by atoms with Crippen LogP contribution in [0, 0.1) is 0 Å². The normalized spacial score (nSPS) is 13.1. The maximum Gasteiger partial charge on any atom is 0.233 e. The third-order valence-corrected chi connectivity index (χ3v) is 5.67. The first-order valence-corrected chi connectivity index (χ1v) is 10.3. The molecular weight excluding hydrogens is 394 g/mol. The molecule has 2 N–H and O–H groups in total. The van der Waals surface area contributed by atoms with Crippen LogP contribution in [0.3, 0.4) is 0 Å². The van der Waals surface area contributed by atoms with Crippen molar-refractivity contribution in [2.45, 2.75) is 30.0 Å². The fraction of sp³-hybridized carbons (Fsp3) is 0.333. The lowest BCUT2D eigenvalue weighted by Gasteiger charge is -2.26. The molecular formula is C21H26ClN3O2S. The Morgan fingerprint density at radius 1 is 1.11 bits per heavy atom. The lowest BCUT2D eigenvalue weighted by Crippen LogP contribution is -2.38. The summed E-state index contributed by atoms with van der Waals surface area (Å²) in [6.07, 6.45) is 0. The van der Waals surface area contributed by atoms with E-state index in [1.807, 2.05) is 74.4 Å². The Morgan fingerprint density at radius 2 is 1.75 bits per heavy atom. The predicted molar refractivity (Wildman–Crippen MR) is 117 cm³/mol. The molecule has 0 fully saturated rings. The third-order valence-electron chi connectivity index (χ3n) is 4.21. The lowest BCUT2D eigenvalue weighted by atomic mass is 10.1. The number of halogens is 1. The van der Waals surface area contributed by atoms with Crippen molar-refractivity contribution in [2.24, 2.45) is 0 Å². The summed E-state index contributed by atoms with van der Waals surface area (Å²) in [6.45, 7) is 3.82. The molecule has 0 aromatic heterocycles. The van der Waals surface area contributed by atoms with Gasteiger partial charge in [0, 0.05) is 29.1 Å². The highest BCUT2D eigenvalue weighted by molar-refractivity contribution is 8.00. The number of carbonyl (C=O) groups is 2. The van der Waals surface area contributed by atoms with Crippen LogP contribution in [-0.2, 0) is 9.59 Å². The Labute approximate surface area is 175 Å². The number of carbonyl (C=O) groups excluding carboxylic acids is 2. The second kappa shape index (κ2) is 10.5. The summed E-state index contributed by atoms with van der Waals surface area (Å²) < 4.78 is 0. The van der Waals surface area contributed by atoms with Crippen LogP contribution in [0.2, 0.25) is 5.02 Å². The largest absolute Gasteiger partial charge is 0.353 e. The second-order valence-corrected chi connectivity index (χ2v) is 8.53. The Bertz CT molecular complexity index is 812. The van der Waals surface area contributed by atoms with Crippen LogP contribution in [0.15, 0.2) is 53.4 Å². The SMILES string of the molecule is CC(=O)Nc1ccc(SC(C)C(=O)NCC(c2ccccc2Cl)N(C)C)cc1. The molecule has 0 bridgehead atoms. The molecule has 0 aliphatic rings. The van der Waals surface area contributed by atoms with Gasteiger partial charge >= 0.3 is 0 Å². The quantitative estimate of drug-likeness (QED) is 0.629. The van der Waals surface area contributed by atoms with Crippen molar-refractivity contribution in [1.82, 2.24) is 10.2 Å². The lowest BCUT2D eigenvalue weighted by molar-refractivity contribution is -0.120. The molecule has 0 saturated carbocycles. The Hall–Kier alpha value is -2.02.